The van der Waals surface area contributed by atoms with Gasteiger partial charge < -0.3 is 9.30 Å². The van der Waals surface area contributed by atoms with Gasteiger partial charge in [0.05, 0.1) is 13.0 Å². The SMILES string of the molecule is CCOC(=O)CCn1c(-c2cccc(Cl)c2)cc2cc(C3CC3)ccc21. The smallest absolute Gasteiger partial charge is 0.307 e. The van der Waals surface area contributed by atoms with Crippen LogP contribution in [0.4, 0.5) is 0 Å². The molecule has 0 aliphatic heterocycles. The first kappa shape index (κ1) is 17.2. The summed E-state index contributed by atoms with van der Waals surface area (Å²) in [6.07, 6.45) is 2.93. The molecule has 0 N–H and O–H groups in total. The second kappa shape index (κ2) is 7.16. The topological polar surface area (TPSA) is 31.2 Å². The number of hydrogen-bond donors (Lipinski definition) is 0. The summed E-state index contributed by atoms with van der Waals surface area (Å²) in [5.74, 6) is 0.554. The fraction of sp³-hybridized carbons (Fsp3) is 0.318. The highest BCUT2D eigenvalue weighted by Gasteiger charge is 2.24. The number of nitrogens with zero attached hydrogens (tertiary/aromatic N) is 1. The lowest BCUT2D eigenvalue weighted by Gasteiger charge is -2.11. The van der Waals surface area contributed by atoms with E-state index in [0.717, 1.165) is 22.7 Å². The molecule has 0 atom stereocenters. The molecule has 0 unspecified atom stereocenters. The van der Waals surface area contributed by atoms with Crippen molar-refractivity contribution < 1.29 is 9.53 Å². The van der Waals surface area contributed by atoms with Crippen LogP contribution in [0.2, 0.25) is 5.02 Å². The number of fused-ring (bicyclic) bond motifs is 1. The molecule has 26 heavy (non-hydrogen) atoms. The average Bonchev–Trinajstić information content (AvgIpc) is 3.41. The molecule has 0 amide bonds. The van der Waals surface area contributed by atoms with Gasteiger partial charge in [0.25, 0.3) is 0 Å². The first-order chi connectivity index (χ1) is 12.7. The Bertz CT molecular complexity index is 956. The van der Waals surface area contributed by atoms with Crippen molar-refractivity contribution in [2.45, 2.75) is 38.6 Å². The molecule has 1 aliphatic carbocycles. The highest BCUT2D eigenvalue weighted by Crippen LogP contribution is 2.41. The molecule has 4 heteroatoms. The third kappa shape index (κ3) is 3.49. The van der Waals surface area contributed by atoms with Crippen molar-refractivity contribution in [3.8, 4) is 11.3 Å². The van der Waals surface area contributed by atoms with Gasteiger partial charge in [-0.15, -0.1) is 0 Å². The summed E-state index contributed by atoms with van der Waals surface area (Å²) >= 11 is 6.21. The van der Waals surface area contributed by atoms with Crippen LogP contribution in [-0.2, 0) is 16.1 Å². The maximum absolute atomic E-state index is 11.9. The fourth-order valence-electron chi connectivity index (χ4n) is 3.52. The van der Waals surface area contributed by atoms with Crippen molar-refractivity contribution >= 4 is 28.5 Å². The fourth-order valence-corrected chi connectivity index (χ4v) is 3.71. The van der Waals surface area contributed by atoms with Crippen LogP contribution >= 0.6 is 11.6 Å². The molecule has 3 aromatic rings. The zero-order valence-electron chi connectivity index (χ0n) is 14.9. The monoisotopic (exact) mass is 367 g/mol. The van der Waals surface area contributed by atoms with Gasteiger partial charge in [-0.25, -0.2) is 0 Å². The van der Waals surface area contributed by atoms with Gasteiger partial charge in [-0.2, -0.15) is 0 Å². The van der Waals surface area contributed by atoms with Crippen molar-refractivity contribution in [3.05, 3.63) is 59.1 Å². The number of halogens is 1. The zero-order chi connectivity index (χ0) is 18.1. The van der Waals surface area contributed by atoms with Gasteiger partial charge in [-0.3, -0.25) is 4.79 Å². The lowest BCUT2D eigenvalue weighted by atomic mass is 10.1. The van der Waals surface area contributed by atoms with Crippen molar-refractivity contribution in [2.75, 3.05) is 6.61 Å². The number of rotatable bonds is 6. The predicted molar refractivity (Wildman–Crippen MR) is 106 cm³/mol. The van der Waals surface area contributed by atoms with Gasteiger partial charge in [0.2, 0.25) is 0 Å². The van der Waals surface area contributed by atoms with Gasteiger partial charge >= 0.3 is 5.97 Å². The first-order valence-electron chi connectivity index (χ1n) is 9.20. The van der Waals surface area contributed by atoms with E-state index in [0.29, 0.717) is 24.6 Å². The maximum atomic E-state index is 11.9. The molecule has 0 spiro atoms. The molecule has 2 aromatic carbocycles. The lowest BCUT2D eigenvalue weighted by molar-refractivity contribution is -0.143. The Kier molecular flexibility index (Phi) is 4.73. The number of ether oxygens (including phenoxy) is 1. The van der Waals surface area contributed by atoms with Crippen molar-refractivity contribution in [1.29, 1.82) is 0 Å². The number of aromatic nitrogens is 1. The Morgan fingerprint density at radius 2 is 2.04 bits per heavy atom. The molecule has 0 radical (unpaired) electrons. The predicted octanol–water partition coefficient (Wildman–Crippen LogP) is 5.79. The third-order valence-electron chi connectivity index (χ3n) is 4.94. The Labute approximate surface area is 158 Å². The van der Waals surface area contributed by atoms with E-state index in [4.69, 9.17) is 16.3 Å². The molecule has 3 nitrogen and oxygen atoms in total. The number of aryl methyl sites for hydroxylation is 1. The number of esters is 1. The summed E-state index contributed by atoms with van der Waals surface area (Å²) in [4.78, 5) is 11.9. The second-order valence-electron chi connectivity index (χ2n) is 6.84. The molecule has 0 saturated heterocycles. The van der Waals surface area contributed by atoms with Crippen molar-refractivity contribution in [1.82, 2.24) is 4.57 Å². The minimum atomic E-state index is -0.166. The minimum Gasteiger partial charge on any atom is -0.466 e. The summed E-state index contributed by atoms with van der Waals surface area (Å²) in [6, 6.07) is 16.8. The average molecular weight is 368 g/mol. The minimum absolute atomic E-state index is 0.166. The van der Waals surface area contributed by atoms with Crippen LogP contribution < -0.4 is 0 Å². The molecule has 1 fully saturated rings. The van der Waals surface area contributed by atoms with Gasteiger partial charge in [0, 0.05) is 28.2 Å². The van der Waals surface area contributed by atoms with E-state index < -0.39 is 0 Å². The van der Waals surface area contributed by atoms with Gasteiger partial charge in [-0.05, 0) is 67.1 Å². The standard InChI is InChI=1S/C22H22ClNO2/c1-2-26-22(25)10-11-24-20-9-8-16(15-6-7-15)12-18(20)14-21(24)17-4-3-5-19(23)13-17/h3-5,8-9,12-15H,2,6-7,10-11H2,1H3. The maximum Gasteiger partial charge on any atom is 0.307 e. The molecule has 134 valence electrons. The van der Waals surface area contributed by atoms with Gasteiger partial charge in [0.15, 0.2) is 0 Å². The number of carbonyl (C=O) groups excluding carboxylic acids is 1. The van der Waals surface area contributed by atoms with Crippen LogP contribution in [0.25, 0.3) is 22.2 Å². The van der Waals surface area contributed by atoms with Gasteiger partial charge in [0.1, 0.15) is 0 Å². The van der Waals surface area contributed by atoms with Crippen LogP contribution in [0.5, 0.6) is 0 Å². The van der Waals surface area contributed by atoms with E-state index in [1.165, 1.54) is 23.8 Å². The number of benzene rings is 2. The van der Waals surface area contributed by atoms with Crippen LogP contribution in [0.3, 0.4) is 0 Å². The zero-order valence-corrected chi connectivity index (χ0v) is 15.6. The molecule has 1 aromatic heterocycles. The highest BCUT2D eigenvalue weighted by molar-refractivity contribution is 6.30. The molecule has 1 aliphatic rings. The molecular weight excluding hydrogens is 346 g/mol. The van der Waals surface area contributed by atoms with Crippen molar-refractivity contribution in [3.63, 3.8) is 0 Å². The van der Waals surface area contributed by atoms with E-state index in [-0.39, 0.29) is 5.97 Å². The molecule has 1 heterocycles. The summed E-state index contributed by atoms with van der Waals surface area (Å²) in [5, 5.41) is 1.93. The van der Waals surface area contributed by atoms with Crippen LogP contribution in [-0.4, -0.2) is 17.1 Å². The van der Waals surface area contributed by atoms with E-state index >= 15 is 0 Å². The largest absolute Gasteiger partial charge is 0.466 e. The quantitative estimate of drug-likeness (QED) is 0.516. The Balaban J connectivity index is 1.76. The molecule has 4 rings (SSSR count). The van der Waals surface area contributed by atoms with E-state index in [2.05, 4.69) is 34.9 Å². The first-order valence-corrected chi connectivity index (χ1v) is 9.58. The summed E-state index contributed by atoms with van der Waals surface area (Å²) < 4.78 is 7.31. The number of hydrogen-bond acceptors (Lipinski definition) is 2. The highest BCUT2D eigenvalue weighted by atomic mass is 35.5. The number of carbonyl (C=O) groups is 1. The normalized spacial score (nSPS) is 13.9. The Morgan fingerprint density at radius 3 is 2.77 bits per heavy atom. The van der Waals surface area contributed by atoms with E-state index in [1.54, 1.807) is 0 Å². The van der Waals surface area contributed by atoms with E-state index in [9.17, 15) is 4.79 Å². The summed E-state index contributed by atoms with van der Waals surface area (Å²) in [6.45, 7) is 2.84. The van der Waals surface area contributed by atoms with Crippen LogP contribution in [0, 0.1) is 0 Å². The van der Waals surface area contributed by atoms with Crippen LogP contribution in [0.15, 0.2) is 48.5 Å². The summed E-state index contributed by atoms with van der Waals surface area (Å²) in [5.41, 5.74) is 4.71. The molecular formula is C22H22ClNO2. The lowest BCUT2D eigenvalue weighted by Crippen LogP contribution is -2.09. The van der Waals surface area contributed by atoms with Crippen molar-refractivity contribution in [2.24, 2.45) is 0 Å². The van der Waals surface area contributed by atoms with Crippen LogP contribution in [0.1, 0.15) is 37.7 Å². The molecule has 0 bridgehead atoms. The Morgan fingerprint density at radius 1 is 1.19 bits per heavy atom. The second-order valence-corrected chi connectivity index (χ2v) is 7.28. The third-order valence-corrected chi connectivity index (χ3v) is 5.17. The molecule has 1 saturated carbocycles. The summed E-state index contributed by atoms with van der Waals surface area (Å²) in [7, 11) is 0. The van der Waals surface area contributed by atoms with Gasteiger partial charge in [-0.1, -0.05) is 29.8 Å². The Hall–Kier alpha value is -2.26. The van der Waals surface area contributed by atoms with E-state index in [1.807, 2.05) is 25.1 Å².